The number of aryl methyl sites for hydroxylation is 1. The van der Waals surface area contributed by atoms with Gasteiger partial charge in [-0.1, -0.05) is 35.0 Å². The first-order chi connectivity index (χ1) is 7.79. The van der Waals surface area contributed by atoms with Gasteiger partial charge in [-0.15, -0.1) is 0 Å². The molecule has 0 amide bonds. The van der Waals surface area contributed by atoms with E-state index in [1.165, 1.54) is 11.9 Å². The number of rotatable bonds is 3. The van der Waals surface area contributed by atoms with Crippen molar-refractivity contribution in [3.8, 4) is 0 Å². The third-order valence-corrected chi connectivity index (χ3v) is 2.28. The van der Waals surface area contributed by atoms with Gasteiger partial charge in [0.2, 0.25) is 0 Å². The first-order valence-electron chi connectivity index (χ1n) is 4.90. The van der Waals surface area contributed by atoms with Gasteiger partial charge in [-0.3, -0.25) is 0 Å². The molecular formula is C11H12N4O. The summed E-state index contributed by atoms with van der Waals surface area (Å²) in [4.78, 5) is 3.83. The number of hydrogen-bond acceptors (Lipinski definition) is 4. The van der Waals surface area contributed by atoms with Crippen LogP contribution in [0.1, 0.15) is 11.1 Å². The van der Waals surface area contributed by atoms with Crippen molar-refractivity contribution in [1.82, 2.24) is 14.8 Å². The molecule has 82 valence electrons. The summed E-state index contributed by atoms with van der Waals surface area (Å²) in [5.41, 5.74) is 2.61. The molecule has 0 saturated carbocycles. The minimum atomic E-state index is 0.402. The van der Waals surface area contributed by atoms with Crippen molar-refractivity contribution in [2.45, 2.75) is 13.5 Å². The number of hydrogen-bond donors (Lipinski definition) is 1. The van der Waals surface area contributed by atoms with Crippen LogP contribution >= 0.6 is 0 Å². The first kappa shape index (κ1) is 10.4. The molecule has 0 fully saturated rings. The number of oxime groups is 1. The zero-order chi connectivity index (χ0) is 11.4. The lowest BCUT2D eigenvalue weighted by Gasteiger charge is -2.04. The van der Waals surface area contributed by atoms with Crippen LogP contribution in [0.3, 0.4) is 0 Å². The summed E-state index contributed by atoms with van der Waals surface area (Å²) < 4.78 is 1.61. The molecule has 1 heterocycles. The molecule has 0 unspecified atom stereocenters. The van der Waals surface area contributed by atoms with Crippen molar-refractivity contribution in [3.63, 3.8) is 0 Å². The van der Waals surface area contributed by atoms with Crippen LogP contribution in [-0.2, 0) is 6.54 Å². The fourth-order valence-electron chi connectivity index (χ4n) is 1.39. The summed E-state index contributed by atoms with van der Waals surface area (Å²) in [7, 11) is 0. The van der Waals surface area contributed by atoms with E-state index in [1.807, 2.05) is 31.2 Å². The van der Waals surface area contributed by atoms with Crippen LogP contribution in [0.15, 0.2) is 42.1 Å². The van der Waals surface area contributed by atoms with E-state index >= 15 is 0 Å². The highest BCUT2D eigenvalue weighted by atomic mass is 16.4. The van der Waals surface area contributed by atoms with Crippen molar-refractivity contribution in [1.29, 1.82) is 0 Å². The summed E-state index contributed by atoms with van der Waals surface area (Å²) in [5, 5.41) is 16.2. The molecule has 16 heavy (non-hydrogen) atoms. The number of nitrogens with zero attached hydrogens (tertiary/aromatic N) is 4. The molecule has 1 N–H and O–H groups in total. The van der Waals surface area contributed by atoms with Crippen molar-refractivity contribution < 1.29 is 5.21 Å². The van der Waals surface area contributed by atoms with Crippen LogP contribution in [0.2, 0.25) is 0 Å². The van der Waals surface area contributed by atoms with E-state index in [4.69, 9.17) is 5.21 Å². The van der Waals surface area contributed by atoms with Gasteiger partial charge in [-0.2, -0.15) is 5.10 Å². The second kappa shape index (κ2) is 4.57. The normalized spacial score (nSPS) is 11.7. The molecule has 1 aromatic heterocycles. The average molecular weight is 216 g/mol. The summed E-state index contributed by atoms with van der Waals surface area (Å²) in [6, 6.07) is 7.78. The molecule has 0 saturated heterocycles. The SMILES string of the molecule is Cc1ccc(/C(Cn2cncn2)=N\O)cc1. The van der Waals surface area contributed by atoms with E-state index in [1.54, 1.807) is 11.0 Å². The highest BCUT2D eigenvalue weighted by Crippen LogP contribution is 2.06. The first-order valence-corrected chi connectivity index (χ1v) is 4.90. The summed E-state index contributed by atoms with van der Waals surface area (Å²) in [6.45, 7) is 2.41. The average Bonchev–Trinajstić information content (AvgIpc) is 2.80. The topological polar surface area (TPSA) is 63.3 Å². The molecule has 0 atom stereocenters. The zero-order valence-electron chi connectivity index (χ0n) is 8.91. The highest BCUT2D eigenvalue weighted by Gasteiger charge is 2.05. The van der Waals surface area contributed by atoms with Crippen LogP contribution in [0.25, 0.3) is 0 Å². The van der Waals surface area contributed by atoms with Crippen molar-refractivity contribution in [2.75, 3.05) is 0 Å². The molecule has 0 aliphatic rings. The Morgan fingerprint density at radius 3 is 2.69 bits per heavy atom. The van der Waals surface area contributed by atoms with Crippen molar-refractivity contribution >= 4 is 5.71 Å². The Kier molecular flexibility index (Phi) is 2.95. The van der Waals surface area contributed by atoms with Gasteiger partial charge in [0.1, 0.15) is 18.4 Å². The Balaban J connectivity index is 2.20. The Labute approximate surface area is 93.1 Å². The molecule has 0 spiro atoms. The largest absolute Gasteiger partial charge is 0.411 e. The van der Waals surface area contributed by atoms with E-state index in [0.717, 1.165) is 5.56 Å². The monoisotopic (exact) mass is 216 g/mol. The summed E-state index contributed by atoms with van der Waals surface area (Å²) in [6.07, 6.45) is 3.03. The molecule has 2 rings (SSSR count). The Bertz CT molecular complexity index is 473. The molecule has 0 aliphatic carbocycles. The molecule has 0 bridgehead atoms. The van der Waals surface area contributed by atoms with Gasteiger partial charge in [0.25, 0.3) is 0 Å². The molecular weight excluding hydrogens is 204 g/mol. The molecule has 5 heteroatoms. The van der Waals surface area contributed by atoms with E-state index in [9.17, 15) is 0 Å². The second-order valence-electron chi connectivity index (χ2n) is 3.51. The van der Waals surface area contributed by atoms with Crippen LogP contribution in [0.4, 0.5) is 0 Å². The lowest BCUT2D eigenvalue weighted by atomic mass is 10.1. The zero-order valence-corrected chi connectivity index (χ0v) is 8.91. The van der Waals surface area contributed by atoms with E-state index in [2.05, 4.69) is 15.2 Å². The lowest BCUT2D eigenvalue weighted by molar-refractivity contribution is 0.317. The highest BCUT2D eigenvalue weighted by molar-refractivity contribution is 5.99. The smallest absolute Gasteiger partial charge is 0.137 e. The minimum Gasteiger partial charge on any atom is -0.411 e. The van der Waals surface area contributed by atoms with Crippen LogP contribution < -0.4 is 0 Å². The minimum absolute atomic E-state index is 0.402. The van der Waals surface area contributed by atoms with Crippen LogP contribution in [0, 0.1) is 6.92 Å². The van der Waals surface area contributed by atoms with Gasteiger partial charge >= 0.3 is 0 Å². The van der Waals surface area contributed by atoms with Crippen LogP contribution in [0.5, 0.6) is 0 Å². The van der Waals surface area contributed by atoms with E-state index in [0.29, 0.717) is 12.3 Å². The van der Waals surface area contributed by atoms with Gasteiger partial charge in [-0.25, -0.2) is 9.67 Å². The Morgan fingerprint density at radius 2 is 2.12 bits per heavy atom. The summed E-state index contributed by atoms with van der Waals surface area (Å²) in [5.74, 6) is 0. The summed E-state index contributed by atoms with van der Waals surface area (Å²) >= 11 is 0. The predicted octanol–water partition coefficient (Wildman–Crippen LogP) is 1.47. The third kappa shape index (κ3) is 2.25. The molecule has 1 aromatic carbocycles. The van der Waals surface area contributed by atoms with Crippen LogP contribution in [-0.4, -0.2) is 25.7 Å². The fourth-order valence-corrected chi connectivity index (χ4v) is 1.39. The Morgan fingerprint density at radius 1 is 1.38 bits per heavy atom. The van der Waals surface area contributed by atoms with Gasteiger partial charge in [-0.05, 0) is 6.92 Å². The quantitative estimate of drug-likeness (QED) is 0.480. The maximum absolute atomic E-state index is 8.97. The number of aromatic nitrogens is 3. The van der Waals surface area contributed by atoms with Gasteiger partial charge < -0.3 is 5.21 Å². The molecule has 5 nitrogen and oxygen atoms in total. The van der Waals surface area contributed by atoms with Gasteiger partial charge in [0.15, 0.2) is 0 Å². The molecule has 0 aliphatic heterocycles. The predicted molar refractivity (Wildman–Crippen MR) is 59.5 cm³/mol. The maximum Gasteiger partial charge on any atom is 0.137 e. The van der Waals surface area contributed by atoms with E-state index in [-0.39, 0.29) is 0 Å². The van der Waals surface area contributed by atoms with Gasteiger partial charge in [0, 0.05) is 5.56 Å². The maximum atomic E-state index is 8.97. The van der Waals surface area contributed by atoms with E-state index < -0.39 is 0 Å². The number of benzene rings is 1. The van der Waals surface area contributed by atoms with Crippen molar-refractivity contribution in [2.24, 2.45) is 5.16 Å². The fraction of sp³-hybridized carbons (Fsp3) is 0.182. The lowest BCUT2D eigenvalue weighted by Crippen LogP contribution is -2.12. The van der Waals surface area contributed by atoms with Gasteiger partial charge in [0.05, 0.1) is 6.54 Å². The molecule has 2 aromatic rings. The third-order valence-electron chi connectivity index (χ3n) is 2.28. The second-order valence-corrected chi connectivity index (χ2v) is 3.51. The molecule has 0 radical (unpaired) electrons. The van der Waals surface area contributed by atoms with Crippen molar-refractivity contribution in [3.05, 3.63) is 48.0 Å². The standard InChI is InChI=1S/C11H12N4O/c1-9-2-4-10(5-3-9)11(14-16)6-15-8-12-7-13-15/h2-5,7-8,16H,6H2,1H3/b14-11-. The Hall–Kier alpha value is -2.17.